The minimum atomic E-state index is -0.455. The van der Waals surface area contributed by atoms with Crippen LogP contribution in [0.15, 0.2) is 48.8 Å². The molecule has 2 aromatic heterocycles. The lowest BCUT2D eigenvalue weighted by atomic mass is 9.89. The van der Waals surface area contributed by atoms with Gasteiger partial charge in [0.05, 0.1) is 18.2 Å². The Labute approximate surface area is 162 Å². The van der Waals surface area contributed by atoms with Gasteiger partial charge in [0, 0.05) is 31.5 Å². The van der Waals surface area contributed by atoms with Gasteiger partial charge >= 0.3 is 0 Å². The van der Waals surface area contributed by atoms with Crippen LogP contribution in [0.3, 0.4) is 0 Å². The minimum Gasteiger partial charge on any atom is -0.341 e. The molecule has 142 valence electrons. The van der Waals surface area contributed by atoms with Crippen LogP contribution in [0.4, 0.5) is 5.82 Å². The summed E-state index contributed by atoms with van der Waals surface area (Å²) in [4.78, 5) is 30.9. The monoisotopic (exact) mass is 376 g/mol. The summed E-state index contributed by atoms with van der Waals surface area (Å²) < 4.78 is 1.73. The second kappa shape index (κ2) is 7.22. The number of aromatic nitrogens is 4. The summed E-state index contributed by atoms with van der Waals surface area (Å²) in [5.74, 6) is -0.301. The highest BCUT2D eigenvalue weighted by molar-refractivity contribution is 6.03. The van der Waals surface area contributed by atoms with Crippen molar-refractivity contribution in [3.8, 4) is 0 Å². The van der Waals surface area contributed by atoms with Crippen molar-refractivity contribution in [3.05, 3.63) is 71.2 Å². The summed E-state index contributed by atoms with van der Waals surface area (Å²) in [6.45, 7) is 2.73. The first-order chi connectivity index (χ1) is 13.5. The molecule has 1 aliphatic rings. The molecule has 4 rings (SSSR count). The Morgan fingerprint density at radius 1 is 1.21 bits per heavy atom. The topological polar surface area (TPSA) is 93.0 Å². The number of carbonyl (C=O) groups excluding carboxylic acids is 2. The Hall–Kier alpha value is -3.55. The van der Waals surface area contributed by atoms with E-state index in [1.54, 1.807) is 41.2 Å². The predicted molar refractivity (Wildman–Crippen MR) is 103 cm³/mol. The molecule has 3 heterocycles. The van der Waals surface area contributed by atoms with E-state index in [1.807, 2.05) is 31.2 Å². The van der Waals surface area contributed by atoms with E-state index in [2.05, 4.69) is 20.6 Å². The van der Waals surface area contributed by atoms with Crippen molar-refractivity contribution in [1.82, 2.24) is 24.9 Å². The first-order valence-electron chi connectivity index (χ1n) is 8.99. The van der Waals surface area contributed by atoms with Crippen molar-refractivity contribution < 1.29 is 9.59 Å². The normalized spacial score (nSPS) is 16.0. The van der Waals surface area contributed by atoms with Gasteiger partial charge in [-0.25, -0.2) is 4.68 Å². The van der Waals surface area contributed by atoms with Crippen LogP contribution in [-0.4, -0.2) is 50.3 Å². The van der Waals surface area contributed by atoms with E-state index in [0.717, 1.165) is 16.8 Å². The van der Waals surface area contributed by atoms with Crippen LogP contribution in [-0.2, 0) is 11.3 Å². The third-order valence-electron chi connectivity index (χ3n) is 4.99. The second-order valence-electron chi connectivity index (χ2n) is 6.85. The number of pyridine rings is 1. The molecule has 8 heteroatoms. The SMILES string of the molecule is Cc1c(NC(=O)C2CN(C)C(=O)c3ccccc32)nnn1Cc1ccncc1. The molecule has 0 saturated carbocycles. The average Bonchev–Trinajstić information content (AvgIpc) is 3.05. The van der Waals surface area contributed by atoms with E-state index >= 15 is 0 Å². The summed E-state index contributed by atoms with van der Waals surface area (Å²) in [6.07, 6.45) is 3.45. The van der Waals surface area contributed by atoms with Gasteiger partial charge in [-0.3, -0.25) is 14.6 Å². The predicted octanol–water partition coefficient (Wildman–Crippen LogP) is 1.84. The van der Waals surface area contributed by atoms with Gasteiger partial charge in [-0.05, 0) is 36.2 Å². The van der Waals surface area contributed by atoms with Crippen molar-refractivity contribution in [3.63, 3.8) is 0 Å². The molecule has 28 heavy (non-hydrogen) atoms. The second-order valence-corrected chi connectivity index (χ2v) is 6.85. The fourth-order valence-corrected chi connectivity index (χ4v) is 3.37. The number of likely N-dealkylation sites (N-methyl/N-ethyl adjacent to an activating group) is 1. The van der Waals surface area contributed by atoms with Gasteiger partial charge in [0.1, 0.15) is 0 Å². The van der Waals surface area contributed by atoms with E-state index in [-0.39, 0.29) is 11.8 Å². The third-order valence-corrected chi connectivity index (χ3v) is 4.99. The summed E-state index contributed by atoms with van der Waals surface area (Å²) in [6, 6.07) is 11.0. The lowest BCUT2D eigenvalue weighted by molar-refractivity contribution is -0.118. The fraction of sp³-hybridized carbons (Fsp3) is 0.250. The number of hydrogen-bond donors (Lipinski definition) is 1. The number of nitrogens with zero attached hydrogens (tertiary/aromatic N) is 5. The fourth-order valence-electron chi connectivity index (χ4n) is 3.37. The Morgan fingerprint density at radius 2 is 1.96 bits per heavy atom. The summed E-state index contributed by atoms with van der Waals surface area (Å²) in [7, 11) is 1.70. The van der Waals surface area contributed by atoms with Crippen molar-refractivity contribution in [2.45, 2.75) is 19.4 Å². The Bertz CT molecular complexity index is 1030. The molecule has 1 aliphatic heterocycles. The number of fused-ring (bicyclic) bond motifs is 1. The molecule has 0 saturated heterocycles. The summed E-state index contributed by atoms with van der Waals surface area (Å²) in [5, 5.41) is 11.1. The van der Waals surface area contributed by atoms with Gasteiger partial charge in [-0.2, -0.15) is 0 Å². The maximum atomic E-state index is 13.0. The van der Waals surface area contributed by atoms with Crippen molar-refractivity contribution in [2.24, 2.45) is 0 Å². The van der Waals surface area contributed by atoms with E-state index < -0.39 is 5.92 Å². The van der Waals surface area contributed by atoms with E-state index in [4.69, 9.17) is 0 Å². The molecule has 0 bridgehead atoms. The van der Waals surface area contributed by atoms with Crippen molar-refractivity contribution in [2.75, 3.05) is 18.9 Å². The molecular weight excluding hydrogens is 356 g/mol. The van der Waals surface area contributed by atoms with Crippen LogP contribution >= 0.6 is 0 Å². The smallest absolute Gasteiger partial charge is 0.253 e. The quantitative estimate of drug-likeness (QED) is 0.750. The van der Waals surface area contributed by atoms with Crippen LogP contribution in [0.1, 0.15) is 33.1 Å². The zero-order chi connectivity index (χ0) is 19.7. The molecule has 1 unspecified atom stereocenters. The van der Waals surface area contributed by atoms with Gasteiger partial charge in [0.2, 0.25) is 5.91 Å². The molecule has 0 spiro atoms. The Morgan fingerprint density at radius 3 is 2.75 bits per heavy atom. The highest BCUT2D eigenvalue weighted by Crippen LogP contribution is 2.28. The molecule has 3 aromatic rings. The number of hydrogen-bond acceptors (Lipinski definition) is 5. The highest BCUT2D eigenvalue weighted by Gasteiger charge is 2.33. The Kier molecular flexibility index (Phi) is 4.60. The first-order valence-corrected chi connectivity index (χ1v) is 8.99. The molecule has 1 N–H and O–H groups in total. The van der Waals surface area contributed by atoms with Crippen molar-refractivity contribution in [1.29, 1.82) is 0 Å². The molecule has 0 fully saturated rings. The number of amides is 2. The van der Waals surface area contributed by atoms with Crippen LogP contribution in [0.25, 0.3) is 0 Å². The Balaban J connectivity index is 1.55. The highest BCUT2D eigenvalue weighted by atomic mass is 16.2. The maximum absolute atomic E-state index is 13.0. The van der Waals surface area contributed by atoms with Gasteiger partial charge in [-0.1, -0.05) is 23.4 Å². The van der Waals surface area contributed by atoms with E-state index in [0.29, 0.717) is 24.5 Å². The summed E-state index contributed by atoms with van der Waals surface area (Å²) >= 11 is 0. The van der Waals surface area contributed by atoms with Gasteiger partial charge in [-0.15, -0.1) is 5.10 Å². The lowest BCUT2D eigenvalue weighted by Gasteiger charge is -2.30. The first kappa shape index (κ1) is 17.8. The number of anilines is 1. The number of nitrogens with one attached hydrogen (secondary N) is 1. The third kappa shape index (κ3) is 3.24. The van der Waals surface area contributed by atoms with Crippen LogP contribution in [0.2, 0.25) is 0 Å². The average molecular weight is 376 g/mol. The molecule has 1 aromatic carbocycles. The number of carbonyl (C=O) groups is 2. The van der Waals surface area contributed by atoms with Crippen LogP contribution < -0.4 is 5.32 Å². The van der Waals surface area contributed by atoms with Gasteiger partial charge < -0.3 is 10.2 Å². The van der Waals surface area contributed by atoms with Gasteiger partial charge in [0.15, 0.2) is 5.82 Å². The molecule has 8 nitrogen and oxygen atoms in total. The van der Waals surface area contributed by atoms with Gasteiger partial charge in [0.25, 0.3) is 5.91 Å². The van der Waals surface area contributed by atoms with E-state index in [1.165, 1.54) is 0 Å². The molecule has 0 aliphatic carbocycles. The van der Waals surface area contributed by atoms with Crippen LogP contribution in [0, 0.1) is 6.92 Å². The molecular formula is C20H20N6O2. The standard InChI is InChI=1S/C20H20N6O2/c1-13-18(23-24-26(13)11-14-7-9-21-10-8-14)22-19(27)17-12-25(2)20(28)16-6-4-3-5-15(16)17/h3-10,17H,11-12H2,1-2H3,(H,22,27). The zero-order valence-electron chi connectivity index (χ0n) is 15.7. The number of rotatable bonds is 4. The molecule has 1 atom stereocenters. The minimum absolute atomic E-state index is 0.0703. The molecule has 2 amide bonds. The lowest BCUT2D eigenvalue weighted by Crippen LogP contribution is -2.41. The largest absolute Gasteiger partial charge is 0.341 e. The summed E-state index contributed by atoms with van der Waals surface area (Å²) in [5.41, 5.74) is 3.11. The van der Waals surface area contributed by atoms with E-state index in [9.17, 15) is 9.59 Å². The number of benzene rings is 1. The van der Waals surface area contributed by atoms with Crippen LogP contribution in [0.5, 0.6) is 0 Å². The maximum Gasteiger partial charge on any atom is 0.253 e. The van der Waals surface area contributed by atoms with Crippen molar-refractivity contribution >= 4 is 17.6 Å². The molecule has 0 radical (unpaired) electrons. The zero-order valence-corrected chi connectivity index (χ0v) is 15.7.